The van der Waals surface area contributed by atoms with Crippen LogP contribution in [0.1, 0.15) is 39.5 Å². The van der Waals surface area contributed by atoms with Gasteiger partial charge in [-0.2, -0.15) is 0 Å². The molecule has 1 saturated heterocycles. The standard InChI is InChI=1S/C19H32N4OS2/c1-16-6-5-7-17(2)23(16)14-12-20-11-9-18(24)21-13-15-25-26-19-8-3-4-10-22-19/h3-4,8,10,16-17,20H,5-7,9,11-15H2,1-2H3,(H,21,24). The van der Waals surface area contributed by atoms with Crippen molar-refractivity contribution in [3.8, 4) is 0 Å². The Kier molecular flexibility index (Phi) is 10.4. The van der Waals surface area contributed by atoms with Crippen molar-refractivity contribution in [3.63, 3.8) is 0 Å². The molecule has 0 spiro atoms. The van der Waals surface area contributed by atoms with Gasteiger partial charge in [0.05, 0.1) is 0 Å². The zero-order chi connectivity index (χ0) is 18.6. The Morgan fingerprint density at radius 3 is 2.77 bits per heavy atom. The van der Waals surface area contributed by atoms with Crippen LogP contribution in [0.25, 0.3) is 0 Å². The van der Waals surface area contributed by atoms with Crippen LogP contribution in [-0.4, -0.2) is 59.8 Å². The molecule has 0 saturated carbocycles. The first-order valence-corrected chi connectivity index (χ1v) is 11.9. The van der Waals surface area contributed by atoms with Crippen LogP contribution in [0.3, 0.4) is 0 Å². The van der Waals surface area contributed by atoms with Crippen LogP contribution in [0.4, 0.5) is 0 Å². The molecule has 2 heterocycles. The Labute approximate surface area is 165 Å². The molecule has 1 aromatic rings. The van der Waals surface area contributed by atoms with Crippen molar-refractivity contribution < 1.29 is 4.79 Å². The second kappa shape index (κ2) is 12.6. The van der Waals surface area contributed by atoms with E-state index < -0.39 is 0 Å². The lowest BCUT2D eigenvalue weighted by atomic mass is 9.98. The van der Waals surface area contributed by atoms with Gasteiger partial charge in [0.1, 0.15) is 5.03 Å². The van der Waals surface area contributed by atoms with Gasteiger partial charge in [-0.05, 0) is 49.6 Å². The zero-order valence-corrected chi connectivity index (χ0v) is 17.6. The van der Waals surface area contributed by atoms with Crippen LogP contribution in [0, 0.1) is 0 Å². The number of amides is 1. The highest BCUT2D eigenvalue weighted by Gasteiger charge is 2.23. The first kappa shape index (κ1) is 21.5. The summed E-state index contributed by atoms with van der Waals surface area (Å²) in [5.74, 6) is 1.01. The molecule has 1 aromatic heterocycles. The number of nitrogens with zero attached hydrogens (tertiary/aromatic N) is 2. The van der Waals surface area contributed by atoms with Gasteiger partial charge < -0.3 is 10.6 Å². The lowest BCUT2D eigenvalue weighted by molar-refractivity contribution is -0.120. The van der Waals surface area contributed by atoms with Gasteiger partial charge in [-0.15, -0.1) is 0 Å². The maximum Gasteiger partial charge on any atom is 0.221 e. The van der Waals surface area contributed by atoms with E-state index in [4.69, 9.17) is 0 Å². The summed E-state index contributed by atoms with van der Waals surface area (Å²) in [7, 11) is 3.36. The van der Waals surface area contributed by atoms with Crippen molar-refractivity contribution in [2.45, 2.75) is 56.6 Å². The van der Waals surface area contributed by atoms with Crippen molar-refractivity contribution in [2.75, 3.05) is 31.9 Å². The number of hydrogen-bond donors (Lipinski definition) is 2. The van der Waals surface area contributed by atoms with E-state index in [0.717, 1.165) is 30.4 Å². The molecule has 2 N–H and O–H groups in total. The monoisotopic (exact) mass is 396 g/mol. The minimum Gasteiger partial charge on any atom is -0.355 e. The fraction of sp³-hybridized carbons (Fsp3) is 0.684. The Morgan fingerprint density at radius 2 is 2.04 bits per heavy atom. The van der Waals surface area contributed by atoms with Crippen molar-refractivity contribution in [2.24, 2.45) is 0 Å². The van der Waals surface area contributed by atoms with E-state index in [1.54, 1.807) is 27.8 Å². The molecule has 0 bridgehead atoms. The third-order valence-corrected chi connectivity index (χ3v) is 7.01. The van der Waals surface area contributed by atoms with Crippen LogP contribution < -0.4 is 10.6 Å². The molecule has 1 amide bonds. The molecule has 7 heteroatoms. The average Bonchev–Trinajstić information content (AvgIpc) is 2.64. The van der Waals surface area contributed by atoms with Gasteiger partial charge in [-0.1, -0.05) is 23.3 Å². The topological polar surface area (TPSA) is 57.3 Å². The predicted molar refractivity (Wildman–Crippen MR) is 113 cm³/mol. The normalized spacial score (nSPS) is 20.8. The third-order valence-electron chi connectivity index (χ3n) is 4.74. The van der Waals surface area contributed by atoms with Crippen LogP contribution >= 0.6 is 21.6 Å². The maximum atomic E-state index is 11.9. The van der Waals surface area contributed by atoms with E-state index in [0.29, 0.717) is 25.0 Å². The summed E-state index contributed by atoms with van der Waals surface area (Å²) in [6, 6.07) is 7.26. The maximum absolute atomic E-state index is 11.9. The summed E-state index contributed by atoms with van der Waals surface area (Å²) in [5.41, 5.74) is 0. The van der Waals surface area contributed by atoms with Crippen molar-refractivity contribution in [1.82, 2.24) is 20.5 Å². The number of likely N-dealkylation sites (tertiary alicyclic amines) is 1. The van der Waals surface area contributed by atoms with Crippen molar-refractivity contribution in [1.29, 1.82) is 0 Å². The molecule has 5 nitrogen and oxygen atoms in total. The van der Waals surface area contributed by atoms with Gasteiger partial charge >= 0.3 is 0 Å². The number of piperidine rings is 1. The molecule has 2 rings (SSSR count). The quantitative estimate of drug-likeness (QED) is 0.443. The van der Waals surface area contributed by atoms with Gasteiger partial charge in [0.15, 0.2) is 0 Å². The fourth-order valence-corrected chi connectivity index (χ4v) is 5.06. The van der Waals surface area contributed by atoms with E-state index in [9.17, 15) is 4.79 Å². The minimum atomic E-state index is 0.126. The van der Waals surface area contributed by atoms with E-state index in [2.05, 4.69) is 34.4 Å². The lowest BCUT2D eigenvalue weighted by Crippen LogP contribution is -2.46. The molecular formula is C19H32N4OS2. The van der Waals surface area contributed by atoms with Crippen molar-refractivity contribution >= 4 is 27.5 Å². The second-order valence-electron chi connectivity index (χ2n) is 6.79. The smallest absolute Gasteiger partial charge is 0.221 e. The molecule has 146 valence electrons. The number of nitrogens with one attached hydrogen (secondary N) is 2. The molecule has 1 fully saturated rings. The fourth-order valence-electron chi connectivity index (χ4n) is 3.27. The SMILES string of the molecule is CC1CCCC(C)N1CCNCCC(=O)NCCSSc1ccccn1. The van der Waals surface area contributed by atoms with Crippen LogP contribution in [0.5, 0.6) is 0 Å². The van der Waals surface area contributed by atoms with Gasteiger partial charge in [-0.25, -0.2) is 4.98 Å². The van der Waals surface area contributed by atoms with Gasteiger partial charge in [0, 0.05) is 56.6 Å². The molecule has 1 aliphatic rings. The summed E-state index contributed by atoms with van der Waals surface area (Å²) >= 11 is 0. The second-order valence-corrected chi connectivity index (χ2v) is 9.23. The Balaban J connectivity index is 1.44. The first-order chi connectivity index (χ1) is 12.7. The summed E-state index contributed by atoms with van der Waals surface area (Å²) in [6.07, 6.45) is 6.31. The Bertz CT molecular complexity index is 508. The highest BCUT2D eigenvalue weighted by atomic mass is 33.1. The average molecular weight is 397 g/mol. The summed E-state index contributed by atoms with van der Waals surface area (Å²) < 4.78 is 0. The number of rotatable bonds is 11. The van der Waals surface area contributed by atoms with E-state index in [1.807, 2.05) is 18.2 Å². The third kappa shape index (κ3) is 8.29. The van der Waals surface area contributed by atoms with Crippen molar-refractivity contribution in [3.05, 3.63) is 24.4 Å². The molecule has 0 aliphatic carbocycles. The number of carbonyl (C=O) groups is 1. The van der Waals surface area contributed by atoms with Gasteiger partial charge in [0.2, 0.25) is 5.91 Å². The van der Waals surface area contributed by atoms with E-state index >= 15 is 0 Å². The number of pyridine rings is 1. The summed E-state index contributed by atoms with van der Waals surface area (Å²) in [4.78, 5) is 18.7. The highest BCUT2D eigenvalue weighted by Crippen LogP contribution is 2.28. The molecule has 0 aromatic carbocycles. The largest absolute Gasteiger partial charge is 0.355 e. The molecule has 2 unspecified atom stereocenters. The van der Waals surface area contributed by atoms with Crippen LogP contribution in [-0.2, 0) is 4.79 Å². The zero-order valence-electron chi connectivity index (χ0n) is 15.9. The highest BCUT2D eigenvalue weighted by molar-refractivity contribution is 8.76. The van der Waals surface area contributed by atoms with Crippen LogP contribution in [0.15, 0.2) is 29.4 Å². The van der Waals surface area contributed by atoms with Gasteiger partial charge in [0.25, 0.3) is 0 Å². The predicted octanol–water partition coefficient (Wildman–Crippen LogP) is 3.18. The molecule has 0 radical (unpaired) electrons. The first-order valence-electron chi connectivity index (χ1n) is 9.60. The summed E-state index contributed by atoms with van der Waals surface area (Å²) in [5, 5.41) is 7.39. The minimum absolute atomic E-state index is 0.126. The molecular weight excluding hydrogens is 364 g/mol. The number of carbonyl (C=O) groups excluding carboxylic acids is 1. The molecule has 1 aliphatic heterocycles. The molecule has 26 heavy (non-hydrogen) atoms. The Morgan fingerprint density at radius 1 is 1.23 bits per heavy atom. The van der Waals surface area contributed by atoms with Gasteiger partial charge in [-0.3, -0.25) is 9.69 Å². The van der Waals surface area contributed by atoms with Crippen LogP contribution in [0.2, 0.25) is 0 Å². The summed E-state index contributed by atoms with van der Waals surface area (Å²) in [6.45, 7) is 8.13. The Hall–Kier alpha value is -0.760. The van der Waals surface area contributed by atoms with E-state index in [-0.39, 0.29) is 5.91 Å². The lowest BCUT2D eigenvalue weighted by Gasteiger charge is -2.39. The van der Waals surface area contributed by atoms with E-state index in [1.165, 1.54) is 19.3 Å². The molecule has 2 atom stereocenters. The number of aromatic nitrogens is 1. The number of hydrogen-bond acceptors (Lipinski definition) is 6.